The third-order valence-corrected chi connectivity index (χ3v) is 5.17. The molecule has 0 aromatic heterocycles. The molecule has 1 aliphatic rings. The molecular formula is C22H22N4O4. The van der Waals surface area contributed by atoms with Gasteiger partial charge in [-0.1, -0.05) is 19.1 Å². The predicted molar refractivity (Wildman–Crippen MR) is 110 cm³/mol. The first kappa shape index (κ1) is 20.9. The van der Waals surface area contributed by atoms with E-state index in [2.05, 4.69) is 10.6 Å². The molecule has 8 nitrogen and oxygen atoms in total. The minimum absolute atomic E-state index is 0.325. The number of nitrogens with one attached hydrogen (secondary N) is 2. The summed E-state index contributed by atoms with van der Waals surface area (Å²) in [5.74, 6) is -0.343. The number of rotatable bonds is 6. The van der Waals surface area contributed by atoms with Crippen LogP contribution in [-0.2, 0) is 15.1 Å². The number of nitriles is 1. The lowest BCUT2D eigenvalue weighted by Gasteiger charge is -2.26. The fourth-order valence-electron chi connectivity index (χ4n) is 3.56. The van der Waals surface area contributed by atoms with E-state index in [1.807, 2.05) is 13.0 Å². The van der Waals surface area contributed by atoms with Crippen molar-refractivity contribution < 1.29 is 19.1 Å². The van der Waals surface area contributed by atoms with E-state index in [1.54, 1.807) is 50.4 Å². The molecule has 2 aromatic rings. The third kappa shape index (κ3) is 3.70. The molecule has 0 aliphatic carbocycles. The summed E-state index contributed by atoms with van der Waals surface area (Å²) in [5.41, 5.74) is 1.03. The van der Waals surface area contributed by atoms with Crippen molar-refractivity contribution in [1.82, 2.24) is 10.2 Å². The van der Waals surface area contributed by atoms with Gasteiger partial charge in [-0.15, -0.1) is 0 Å². The quantitative estimate of drug-likeness (QED) is 0.717. The lowest BCUT2D eigenvalue weighted by atomic mass is 9.86. The Morgan fingerprint density at radius 3 is 2.67 bits per heavy atom. The molecule has 1 atom stereocenters. The highest BCUT2D eigenvalue weighted by molar-refractivity contribution is 6.10. The van der Waals surface area contributed by atoms with Crippen LogP contribution in [0.4, 0.5) is 10.5 Å². The number of aryl methyl sites for hydroxylation is 1. The van der Waals surface area contributed by atoms with Crippen molar-refractivity contribution in [3.8, 4) is 11.8 Å². The van der Waals surface area contributed by atoms with Crippen molar-refractivity contribution in [3.05, 3.63) is 59.2 Å². The Balaban J connectivity index is 1.81. The number of carbonyl (C=O) groups excluding carboxylic acids is 3. The van der Waals surface area contributed by atoms with Crippen molar-refractivity contribution in [2.75, 3.05) is 19.0 Å². The van der Waals surface area contributed by atoms with Crippen LogP contribution >= 0.6 is 0 Å². The molecule has 0 spiro atoms. The fraction of sp³-hybridized carbons (Fsp3) is 0.273. The number of imide groups is 1. The third-order valence-electron chi connectivity index (χ3n) is 5.17. The van der Waals surface area contributed by atoms with Crippen LogP contribution in [0.5, 0.6) is 5.75 Å². The highest BCUT2D eigenvalue weighted by Crippen LogP contribution is 2.34. The Kier molecular flexibility index (Phi) is 5.74. The first-order valence-electron chi connectivity index (χ1n) is 9.44. The molecule has 1 heterocycles. The standard InChI is InChI=1S/C22H22N4O4/c1-4-22(16-8-9-18(30-3)14(2)10-16)20(28)26(21(29)25-22)13-19(27)24-17-7-5-6-15(11-17)12-23/h5-11H,4,13H2,1-3H3,(H,24,27)(H,25,29). The summed E-state index contributed by atoms with van der Waals surface area (Å²) in [7, 11) is 1.56. The number of urea groups is 1. The molecule has 154 valence electrons. The van der Waals surface area contributed by atoms with E-state index < -0.39 is 29.9 Å². The van der Waals surface area contributed by atoms with Gasteiger partial charge in [-0.3, -0.25) is 14.5 Å². The largest absolute Gasteiger partial charge is 0.496 e. The molecule has 0 radical (unpaired) electrons. The molecule has 1 unspecified atom stereocenters. The average molecular weight is 406 g/mol. The Hall–Kier alpha value is -3.86. The van der Waals surface area contributed by atoms with E-state index in [9.17, 15) is 14.4 Å². The number of hydrogen-bond donors (Lipinski definition) is 2. The van der Waals surface area contributed by atoms with Gasteiger partial charge in [0, 0.05) is 5.69 Å². The fourth-order valence-corrected chi connectivity index (χ4v) is 3.56. The van der Waals surface area contributed by atoms with Gasteiger partial charge >= 0.3 is 6.03 Å². The molecule has 3 rings (SSSR count). The van der Waals surface area contributed by atoms with E-state index in [4.69, 9.17) is 10.00 Å². The number of anilines is 1. The highest BCUT2D eigenvalue weighted by atomic mass is 16.5. The number of methoxy groups -OCH3 is 1. The molecule has 2 N–H and O–H groups in total. The summed E-state index contributed by atoms with van der Waals surface area (Å²) in [6, 6.07) is 13.0. The molecule has 0 bridgehead atoms. The monoisotopic (exact) mass is 406 g/mol. The maximum atomic E-state index is 13.2. The summed E-state index contributed by atoms with van der Waals surface area (Å²) in [6.07, 6.45) is 0.325. The summed E-state index contributed by atoms with van der Waals surface area (Å²) >= 11 is 0. The zero-order valence-corrected chi connectivity index (χ0v) is 17.0. The summed E-state index contributed by atoms with van der Waals surface area (Å²) in [4.78, 5) is 39.1. The topological polar surface area (TPSA) is 112 Å². The summed E-state index contributed by atoms with van der Waals surface area (Å²) < 4.78 is 5.27. The molecule has 8 heteroatoms. The van der Waals surface area contributed by atoms with Gasteiger partial charge in [-0.05, 0) is 54.8 Å². The smallest absolute Gasteiger partial charge is 0.325 e. The molecule has 1 aliphatic heterocycles. The highest BCUT2D eigenvalue weighted by Gasteiger charge is 2.51. The van der Waals surface area contributed by atoms with Crippen LogP contribution in [0.3, 0.4) is 0 Å². The van der Waals surface area contributed by atoms with Crippen LogP contribution in [0.1, 0.15) is 30.0 Å². The molecular weight excluding hydrogens is 384 g/mol. The minimum Gasteiger partial charge on any atom is -0.496 e. The second-order valence-electron chi connectivity index (χ2n) is 7.01. The van der Waals surface area contributed by atoms with Crippen LogP contribution in [0.25, 0.3) is 0 Å². The van der Waals surface area contributed by atoms with E-state index in [0.29, 0.717) is 29.0 Å². The normalized spacial score (nSPS) is 18.0. The SMILES string of the molecule is CCC1(c2ccc(OC)c(C)c2)NC(=O)N(CC(=O)Nc2cccc(C#N)c2)C1=O. The van der Waals surface area contributed by atoms with Crippen molar-refractivity contribution in [2.24, 2.45) is 0 Å². The first-order valence-corrected chi connectivity index (χ1v) is 9.44. The lowest BCUT2D eigenvalue weighted by Crippen LogP contribution is -2.44. The van der Waals surface area contributed by atoms with Crippen LogP contribution in [0.2, 0.25) is 0 Å². The predicted octanol–water partition coefficient (Wildman–Crippen LogP) is 2.67. The summed E-state index contributed by atoms with van der Waals surface area (Å²) in [6.45, 7) is 3.22. The molecule has 30 heavy (non-hydrogen) atoms. The van der Waals surface area contributed by atoms with Crippen molar-refractivity contribution in [1.29, 1.82) is 5.26 Å². The maximum absolute atomic E-state index is 13.2. The Morgan fingerprint density at radius 2 is 2.03 bits per heavy atom. The zero-order chi connectivity index (χ0) is 21.9. The minimum atomic E-state index is -1.24. The van der Waals surface area contributed by atoms with Gasteiger partial charge in [0.1, 0.15) is 17.8 Å². The van der Waals surface area contributed by atoms with Gasteiger partial charge in [0.05, 0.1) is 18.7 Å². The van der Waals surface area contributed by atoms with Crippen molar-refractivity contribution in [2.45, 2.75) is 25.8 Å². The summed E-state index contributed by atoms with van der Waals surface area (Å²) in [5, 5.41) is 14.3. The molecule has 0 saturated carbocycles. The van der Waals surface area contributed by atoms with Gasteiger partial charge in [0.25, 0.3) is 5.91 Å². The maximum Gasteiger partial charge on any atom is 0.325 e. The van der Waals surface area contributed by atoms with Crippen LogP contribution in [0, 0.1) is 18.3 Å². The Bertz CT molecular complexity index is 1060. The van der Waals surface area contributed by atoms with Crippen molar-refractivity contribution >= 4 is 23.5 Å². The second-order valence-corrected chi connectivity index (χ2v) is 7.01. The van der Waals surface area contributed by atoms with Gasteiger partial charge in [0.15, 0.2) is 0 Å². The molecule has 1 fully saturated rings. The number of carbonyl (C=O) groups is 3. The second kappa shape index (κ2) is 8.25. The van der Waals surface area contributed by atoms with Gasteiger partial charge in [0.2, 0.25) is 5.91 Å². The molecule has 1 saturated heterocycles. The molecule has 2 aromatic carbocycles. The van der Waals surface area contributed by atoms with Crippen molar-refractivity contribution in [3.63, 3.8) is 0 Å². The van der Waals surface area contributed by atoms with Gasteiger partial charge in [-0.2, -0.15) is 5.26 Å². The van der Waals surface area contributed by atoms with Gasteiger partial charge in [-0.25, -0.2) is 4.79 Å². The number of hydrogen-bond acceptors (Lipinski definition) is 5. The Morgan fingerprint density at radius 1 is 1.27 bits per heavy atom. The lowest BCUT2D eigenvalue weighted by molar-refractivity contribution is -0.134. The molecule has 4 amide bonds. The number of ether oxygens (including phenoxy) is 1. The number of benzene rings is 2. The zero-order valence-electron chi connectivity index (χ0n) is 17.0. The van der Waals surface area contributed by atoms with E-state index in [0.717, 1.165) is 10.5 Å². The first-order chi connectivity index (χ1) is 14.3. The number of amides is 4. The van der Waals surface area contributed by atoms with Crippen LogP contribution < -0.4 is 15.4 Å². The van der Waals surface area contributed by atoms with E-state index in [1.165, 1.54) is 6.07 Å². The Labute approximate surface area is 174 Å². The van der Waals surface area contributed by atoms with Crippen LogP contribution in [-0.4, -0.2) is 36.4 Å². The van der Waals surface area contributed by atoms with E-state index >= 15 is 0 Å². The van der Waals surface area contributed by atoms with Gasteiger partial charge < -0.3 is 15.4 Å². The number of nitrogens with zero attached hydrogens (tertiary/aromatic N) is 2. The van der Waals surface area contributed by atoms with E-state index in [-0.39, 0.29) is 0 Å². The van der Waals surface area contributed by atoms with Crippen LogP contribution in [0.15, 0.2) is 42.5 Å². The average Bonchev–Trinajstić information content (AvgIpc) is 2.98.